The molecule has 1 saturated heterocycles. The first-order chi connectivity index (χ1) is 14.9. The third kappa shape index (κ3) is 4.69. The lowest BCUT2D eigenvalue weighted by molar-refractivity contribution is -0.127. The van der Waals surface area contributed by atoms with Crippen molar-refractivity contribution in [2.24, 2.45) is 0 Å². The van der Waals surface area contributed by atoms with Crippen LogP contribution in [0.25, 0.3) is 6.08 Å². The molecule has 31 heavy (non-hydrogen) atoms. The second kappa shape index (κ2) is 8.52. The van der Waals surface area contributed by atoms with Gasteiger partial charge in [0, 0.05) is 24.4 Å². The van der Waals surface area contributed by atoms with Crippen molar-refractivity contribution in [2.75, 3.05) is 24.0 Å². The number of hydrogen-bond acceptors (Lipinski definition) is 7. The van der Waals surface area contributed by atoms with Gasteiger partial charge in [-0.3, -0.25) is 24.1 Å². The zero-order valence-electron chi connectivity index (χ0n) is 16.3. The van der Waals surface area contributed by atoms with E-state index in [9.17, 15) is 19.2 Å². The minimum Gasteiger partial charge on any atom is -0.454 e. The Bertz CT molecular complexity index is 1110. The van der Waals surface area contributed by atoms with Crippen LogP contribution >= 0.6 is 11.8 Å². The van der Waals surface area contributed by atoms with Crippen molar-refractivity contribution in [1.82, 2.24) is 4.90 Å². The summed E-state index contributed by atoms with van der Waals surface area (Å²) in [5.41, 5.74) is 1.78. The maximum atomic E-state index is 12.6. The summed E-state index contributed by atoms with van der Waals surface area (Å²) in [6.07, 6.45) is 1.57. The quantitative estimate of drug-likeness (QED) is 0.688. The van der Waals surface area contributed by atoms with Crippen LogP contribution in [0.5, 0.6) is 11.5 Å². The monoisotopic (exact) mass is 439 g/mol. The van der Waals surface area contributed by atoms with Crippen LogP contribution in [0.2, 0.25) is 0 Å². The molecule has 4 amide bonds. The number of ether oxygens (including phenoxy) is 2. The van der Waals surface area contributed by atoms with Gasteiger partial charge in [-0.25, -0.2) is 0 Å². The van der Waals surface area contributed by atoms with E-state index in [1.54, 1.807) is 48.5 Å². The van der Waals surface area contributed by atoms with Gasteiger partial charge in [0.1, 0.15) is 6.54 Å². The van der Waals surface area contributed by atoms with Crippen LogP contribution in [0.3, 0.4) is 0 Å². The summed E-state index contributed by atoms with van der Waals surface area (Å²) in [4.78, 5) is 49.4. The van der Waals surface area contributed by atoms with Crippen molar-refractivity contribution < 1.29 is 28.7 Å². The highest BCUT2D eigenvalue weighted by Gasteiger charge is 2.36. The molecule has 4 rings (SSSR count). The summed E-state index contributed by atoms with van der Waals surface area (Å²) in [5, 5.41) is 4.77. The van der Waals surface area contributed by atoms with E-state index in [1.165, 1.54) is 6.92 Å². The molecule has 0 saturated carbocycles. The molecular formula is C21H17N3O6S. The molecule has 158 valence electrons. The van der Waals surface area contributed by atoms with Gasteiger partial charge in [-0.2, -0.15) is 0 Å². The topological polar surface area (TPSA) is 114 Å². The summed E-state index contributed by atoms with van der Waals surface area (Å²) >= 11 is 0.768. The van der Waals surface area contributed by atoms with E-state index in [0.717, 1.165) is 16.7 Å². The van der Waals surface area contributed by atoms with Crippen LogP contribution < -0.4 is 20.1 Å². The molecule has 0 spiro atoms. The molecule has 2 aliphatic heterocycles. The smallest absolute Gasteiger partial charge is 0.294 e. The van der Waals surface area contributed by atoms with E-state index >= 15 is 0 Å². The number of carbonyl (C=O) groups excluding carboxylic acids is 4. The summed E-state index contributed by atoms with van der Waals surface area (Å²) < 4.78 is 10.5. The summed E-state index contributed by atoms with van der Waals surface area (Å²) in [7, 11) is 0. The lowest BCUT2D eigenvalue weighted by Gasteiger charge is -2.12. The number of rotatable bonds is 5. The van der Waals surface area contributed by atoms with Gasteiger partial charge in [0.15, 0.2) is 11.5 Å². The van der Waals surface area contributed by atoms with Crippen LogP contribution in [0.4, 0.5) is 16.2 Å². The van der Waals surface area contributed by atoms with Gasteiger partial charge in [0.2, 0.25) is 18.6 Å². The Morgan fingerprint density at radius 3 is 2.48 bits per heavy atom. The van der Waals surface area contributed by atoms with Crippen molar-refractivity contribution in [3.63, 3.8) is 0 Å². The van der Waals surface area contributed by atoms with Crippen molar-refractivity contribution in [2.45, 2.75) is 6.92 Å². The summed E-state index contributed by atoms with van der Waals surface area (Å²) in [6, 6.07) is 11.7. The number of imide groups is 1. The van der Waals surface area contributed by atoms with Crippen LogP contribution in [0.15, 0.2) is 47.4 Å². The highest BCUT2D eigenvalue weighted by molar-refractivity contribution is 8.18. The van der Waals surface area contributed by atoms with Gasteiger partial charge in [-0.15, -0.1) is 0 Å². The predicted octanol–water partition coefficient (Wildman–Crippen LogP) is 3.05. The van der Waals surface area contributed by atoms with E-state index in [0.29, 0.717) is 28.4 Å². The number of benzene rings is 2. The maximum Gasteiger partial charge on any atom is 0.294 e. The zero-order valence-corrected chi connectivity index (χ0v) is 17.2. The predicted molar refractivity (Wildman–Crippen MR) is 115 cm³/mol. The van der Waals surface area contributed by atoms with Crippen LogP contribution in [-0.2, 0) is 14.4 Å². The number of anilines is 2. The Kier molecular flexibility index (Phi) is 5.63. The molecule has 0 unspecified atom stereocenters. The number of carbonyl (C=O) groups is 4. The fraction of sp³-hybridized carbons (Fsp3) is 0.143. The minimum absolute atomic E-state index is 0.117. The van der Waals surface area contributed by atoms with Crippen molar-refractivity contribution in [3.05, 3.63) is 52.9 Å². The number of nitrogens with one attached hydrogen (secondary N) is 2. The molecule has 0 radical (unpaired) electrons. The standard InChI is InChI=1S/C21H17N3O6S/c1-12(25)22-14-4-2-13(3-5-14)8-18-20(27)24(21(28)31-18)10-19(26)23-15-6-7-16-17(9-15)30-11-29-16/h2-9H,10-11H2,1H3,(H,22,25)(H,23,26)/b18-8-. The number of thioether (sulfide) groups is 1. The Morgan fingerprint density at radius 1 is 1.03 bits per heavy atom. The Labute approximate surface area is 181 Å². The minimum atomic E-state index is -0.540. The SMILES string of the molecule is CC(=O)Nc1ccc(/C=C2\SC(=O)N(CC(=O)Nc3ccc4c(c3)OCO4)C2=O)cc1. The average Bonchev–Trinajstić information content (AvgIpc) is 3.29. The van der Waals surface area contributed by atoms with Crippen LogP contribution in [0, 0.1) is 0 Å². The lowest BCUT2D eigenvalue weighted by Crippen LogP contribution is -2.36. The molecule has 10 heteroatoms. The van der Waals surface area contributed by atoms with Gasteiger partial charge >= 0.3 is 0 Å². The van der Waals surface area contributed by atoms with Gasteiger partial charge in [0.05, 0.1) is 4.91 Å². The third-order valence-electron chi connectivity index (χ3n) is 4.36. The molecule has 2 aromatic carbocycles. The fourth-order valence-electron chi connectivity index (χ4n) is 2.97. The molecule has 2 aliphatic rings. The molecule has 0 atom stereocenters. The number of hydrogen-bond donors (Lipinski definition) is 2. The van der Waals surface area contributed by atoms with E-state index in [2.05, 4.69) is 10.6 Å². The highest BCUT2D eigenvalue weighted by atomic mass is 32.2. The lowest BCUT2D eigenvalue weighted by atomic mass is 10.2. The van der Waals surface area contributed by atoms with E-state index in [-0.39, 0.29) is 17.6 Å². The number of nitrogens with zero attached hydrogens (tertiary/aromatic N) is 1. The molecular weight excluding hydrogens is 422 g/mol. The van der Waals surface area contributed by atoms with E-state index in [4.69, 9.17) is 9.47 Å². The molecule has 2 heterocycles. The first-order valence-electron chi connectivity index (χ1n) is 9.21. The molecule has 2 N–H and O–H groups in total. The van der Waals surface area contributed by atoms with Crippen molar-refractivity contribution in [3.8, 4) is 11.5 Å². The maximum absolute atomic E-state index is 12.6. The zero-order chi connectivity index (χ0) is 22.0. The first kappa shape index (κ1) is 20.5. The Balaban J connectivity index is 1.40. The van der Waals surface area contributed by atoms with Crippen molar-refractivity contribution >= 4 is 52.2 Å². The highest BCUT2D eigenvalue weighted by Crippen LogP contribution is 2.35. The summed E-state index contributed by atoms with van der Waals surface area (Å²) in [5.74, 6) is -0.146. The normalized spacial score (nSPS) is 16.0. The van der Waals surface area contributed by atoms with Crippen LogP contribution in [-0.4, -0.2) is 41.2 Å². The molecule has 0 bridgehead atoms. The molecule has 9 nitrogen and oxygen atoms in total. The number of fused-ring (bicyclic) bond motifs is 1. The second-order valence-corrected chi connectivity index (χ2v) is 7.68. The van der Waals surface area contributed by atoms with Gasteiger partial charge in [-0.05, 0) is 47.7 Å². The fourth-order valence-corrected chi connectivity index (χ4v) is 3.81. The van der Waals surface area contributed by atoms with Gasteiger partial charge in [0.25, 0.3) is 11.1 Å². The van der Waals surface area contributed by atoms with Gasteiger partial charge in [-0.1, -0.05) is 12.1 Å². The summed E-state index contributed by atoms with van der Waals surface area (Å²) in [6.45, 7) is 1.12. The first-order valence-corrected chi connectivity index (χ1v) is 10.0. The van der Waals surface area contributed by atoms with Crippen LogP contribution in [0.1, 0.15) is 12.5 Å². The average molecular weight is 439 g/mol. The van der Waals surface area contributed by atoms with E-state index < -0.39 is 23.6 Å². The molecule has 0 aliphatic carbocycles. The Morgan fingerprint density at radius 2 is 1.74 bits per heavy atom. The van der Waals surface area contributed by atoms with E-state index in [1.807, 2.05) is 0 Å². The number of amides is 4. The van der Waals surface area contributed by atoms with Gasteiger partial charge < -0.3 is 20.1 Å². The second-order valence-electron chi connectivity index (χ2n) is 6.69. The van der Waals surface area contributed by atoms with Crippen molar-refractivity contribution in [1.29, 1.82) is 0 Å². The molecule has 2 aromatic rings. The third-order valence-corrected chi connectivity index (χ3v) is 5.27. The Hall–Kier alpha value is -3.79. The molecule has 1 fully saturated rings. The largest absolute Gasteiger partial charge is 0.454 e. The molecule has 0 aromatic heterocycles.